The molecule has 0 spiro atoms. The topological polar surface area (TPSA) is 3.24 Å². The molecule has 0 amide bonds. The molecule has 14 heavy (non-hydrogen) atoms. The van der Waals surface area contributed by atoms with Crippen LogP contribution >= 0.6 is 24.0 Å². The molecule has 0 saturated carbocycles. The van der Waals surface area contributed by atoms with Crippen molar-refractivity contribution < 1.29 is 0 Å². The van der Waals surface area contributed by atoms with Crippen molar-refractivity contribution in [2.75, 3.05) is 17.7 Å². The van der Waals surface area contributed by atoms with E-state index in [0.717, 1.165) is 15.8 Å². The van der Waals surface area contributed by atoms with Gasteiger partial charge in [-0.25, -0.2) is 0 Å². The van der Waals surface area contributed by atoms with Crippen molar-refractivity contribution in [1.29, 1.82) is 0 Å². The molecule has 0 N–H and O–H groups in total. The zero-order valence-corrected chi connectivity index (χ0v) is 9.78. The first-order valence-corrected chi connectivity index (χ1v) is 5.71. The minimum atomic E-state index is 0.857. The number of nitrogens with zero attached hydrogens (tertiary/aromatic N) is 1. The third-order valence-electron chi connectivity index (χ3n) is 1.74. The van der Waals surface area contributed by atoms with E-state index >= 15 is 0 Å². The fourth-order valence-corrected chi connectivity index (χ4v) is 1.85. The molecule has 0 radical (unpaired) electrons. The third-order valence-corrected chi connectivity index (χ3v) is 3.29. The first kappa shape index (κ1) is 11.3. The van der Waals surface area contributed by atoms with E-state index < -0.39 is 0 Å². The highest BCUT2D eigenvalue weighted by Gasteiger charge is 2.05. The van der Waals surface area contributed by atoms with Crippen LogP contribution in [-0.4, -0.2) is 17.1 Å². The van der Waals surface area contributed by atoms with E-state index in [2.05, 4.69) is 6.58 Å². The Morgan fingerprint density at radius 2 is 2.14 bits per heavy atom. The van der Waals surface area contributed by atoms with Crippen LogP contribution in [0, 0.1) is 0 Å². The van der Waals surface area contributed by atoms with E-state index in [0.29, 0.717) is 0 Å². The van der Waals surface area contributed by atoms with Gasteiger partial charge in [-0.15, -0.1) is 6.58 Å². The standard InChI is InChI=1S/C11H13NS2/c1-3-9-14-11(13)12(2)10-7-5-4-6-8-10/h3-8H,1,9H2,2H3. The average molecular weight is 223 g/mol. The number of anilines is 1. The average Bonchev–Trinajstić information content (AvgIpc) is 2.26. The Morgan fingerprint density at radius 3 is 2.71 bits per heavy atom. The summed E-state index contributed by atoms with van der Waals surface area (Å²) in [5.41, 5.74) is 1.12. The molecule has 1 rings (SSSR count). The van der Waals surface area contributed by atoms with E-state index in [1.807, 2.05) is 48.4 Å². The van der Waals surface area contributed by atoms with Crippen LogP contribution in [0.5, 0.6) is 0 Å². The number of thiocarbonyl (C=S) groups is 1. The largest absolute Gasteiger partial charge is 0.330 e. The summed E-state index contributed by atoms with van der Waals surface area (Å²) in [6, 6.07) is 10.1. The van der Waals surface area contributed by atoms with Gasteiger partial charge < -0.3 is 4.90 Å². The van der Waals surface area contributed by atoms with Gasteiger partial charge in [0.15, 0.2) is 0 Å². The Morgan fingerprint density at radius 1 is 1.50 bits per heavy atom. The summed E-state index contributed by atoms with van der Waals surface area (Å²) in [6.45, 7) is 3.67. The van der Waals surface area contributed by atoms with Gasteiger partial charge in [-0.3, -0.25) is 0 Å². The van der Waals surface area contributed by atoms with Gasteiger partial charge in [0.05, 0.1) is 0 Å². The smallest absolute Gasteiger partial charge is 0.140 e. The van der Waals surface area contributed by atoms with Crippen LogP contribution in [0.3, 0.4) is 0 Å². The van der Waals surface area contributed by atoms with Gasteiger partial charge in [-0.05, 0) is 12.1 Å². The van der Waals surface area contributed by atoms with Crippen LogP contribution in [0.15, 0.2) is 43.0 Å². The molecule has 0 heterocycles. The van der Waals surface area contributed by atoms with Crippen molar-refractivity contribution in [2.24, 2.45) is 0 Å². The molecule has 0 fully saturated rings. The van der Waals surface area contributed by atoms with Crippen molar-refractivity contribution in [3.63, 3.8) is 0 Å². The predicted octanol–water partition coefficient (Wildman–Crippen LogP) is 3.33. The highest BCUT2D eigenvalue weighted by molar-refractivity contribution is 8.23. The SMILES string of the molecule is C=CCSC(=S)N(C)c1ccccc1. The summed E-state index contributed by atoms with van der Waals surface area (Å²) >= 11 is 6.88. The van der Waals surface area contributed by atoms with Crippen molar-refractivity contribution >= 4 is 34.0 Å². The molecule has 0 bridgehead atoms. The number of hydrogen-bond donors (Lipinski definition) is 0. The summed E-state index contributed by atoms with van der Waals surface area (Å²) < 4.78 is 0.871. The minimum Gasteiger partial charge on any atom is -0.330 e. The molecule has 0 saturated heterocycles. The third kappa shape index (κ3) is 3.16. The first-order valence-electron chi connectivity index (χ1n) is 4.32. The van der Waals surface area contributed by atoms with Crippen molar-refractivity contribution in [2.45, 2.75) is 0 Å². The Bertz CT molecular complexity index is 308. The van der Waals surface area contributed by atoms with E-state index in [1.54, 1.807) is 11.8 Å². The number of hydrogen-bond acceptors (Lipinski definition) is 2. The summed E-state index contributed by atoms with van der Waals surface area (Å²) in [7, 11) is 1.98. The second-order valence-electron chi connectivity index (χ2n) is 2.76. The lowest BCUT2D eigenvalue weighted by atomic mass is 10.3. The monoisotopic (exact) mass is 223 g/mol. The van der Waals surface area contributed by atoms with Crippen LogP contribution in [0.2, 0.25) is 0 Å². The lowest BCUT2D eigenvalue weighted by Gasteiger charge is -2.18. The van der Waals surface area contributed by atoms with Gasteiger partial charge in [-0.2, -0.15) is 0 Å². The van der Waals surface area contributed by atoms with Crippen LogP contribution < -0.4 is 4.90 Å². The Kier molecular flexibility index (Phi) is 4.70. The highest BCUT2D eigenvalue weighted by Crippen LogP contribution is 2.17. The van der Waals surface area contributed by atoms with Crippen LogP contribution in [0.4, 0.5) is 5.69 Å². The van der Waals surface area contributed by atoms with Gasteiger partial charge in [0.2, 0.25) is 0 Å². The number of rotatable bonds is 3. The second kappa shape index (κ2) is 5.83. The van der Waals surface area contributed by atoms with Crippen molar-refractivity contribution in [3.05, 3.63) is 43.0 Å². The molecule has 1 aromatic rings. The van der Waals surface area contributed by atoms with Crippen molar-refractivity contribution in [3.8, 4) is 0 Å². The predicted molar refractivity (Wildman–Crippen MR) is 70.1 cm³/mol. The Labute approximate surface area is 94.8 Å². The molecule has 3 heteroatoms. The maximum Gasteiger partial charge on any atom is 0.140 e. The molecule has 0 atom stereocenters. The molecule has 0 aromatic heterocycles. The molecule has 74 valence electrons. The molecule has 0 unspecified atom stereocenters. The van der Waals surface area contributed by atoms with Crippen molar-refractivity contribution in [1.82, 2.24) is 0 Å². The van der Waals surface area contributed by atoms with Crippen LogP contribution in [0.25, 0.3) is 0 Å². The molecule has 0 aliphatic heterocycles. The fourth-order valence-electron chi connectivity index (χ4n) is 0.984. The maximum absolute atomic E-state index is 5.27. The number of benzene rings is 1. The van der Waals surface area contributed by atoms with Gasteiger partial charge in [0, 0.05) is 18.5 Å². The Balaban J connectivity index is 2.61. The van der Waals surface area contributed by atoms with Gasteiger partial charge in [0.25, 0.3) is 0 Å². The van der Waals surface area contributed by atoms with E-state index in [1.165, 1.54) is 0 Å². The van der Waals surface area contributed by atoms with E-state index in [-0.39, 0.29) is 0 Å². The normalized spacial score (nSPS) is 9.50. The highest BCUT2D eigenvalue weighted by atomic mass is 32.2. The lowest BCUT2D eigenvalue weighted by Crippen LogP contribution is -2.21. The zero-order valence-electron chi connectivity index (χ0n) is 8.14. The van der Waals surface area contributed by atoms with E-state index in [9.17, 15) is 0 Å². The molecular weight excluding hydrogens is 210 g/mol. The number of para-hydroxylation sites is 1. The summed E-state index contributed by atoms with van der Waals surface area (Å²) in [6.07, 6.45) is 1.86. The van der Waals surface area contributed by atoms with Gasteiger partial charge in [-0.1, -0.05) is 48.3 Å². The van der Waals surface area contributed by atoms with Crippen LogP contribution in [-0.2, 0) is 0 Å². The molecular formula is C11H13NS2. The maximum atomic E-state index is 5.27. The molecule has 1 aromatic carbocycles. The van der Waals surface area contributed by atoms with Gasteiger partial charge >= 0.3 is 0 Å². The lowest BCUT2D eigenvalue weighted by molar-refractivity contribution is 1.31. The van der Waals surface area contributed by atoms with Gasteiger partial charge in [0.1, 0.15) is 4.32 Å². The molecule has 0 aliphatic rings. The first-order chi connectivity index (χ1) is 6.75. The molecule has 0 aliphatic carbocycles. The summed E-state index contributed by atoms with van der Waals surface area (Å²) in [4.78, 5) is 2.00. The Hall–Kier alpha value is -0.800. The quantitative estimate of drug-likeness (QED) is 0.571. The minimum absolute atomic E-state index is 0.857. The van der Waals surface area contributed by atoms with Crippen LogP contribution in [0.1, 0.15) is 0 Å². The summed E-state index contributed by atoms with van der Waals surface area (Å²) in [5, 5.41) is 0. The number of thioether (sulfide) groups is 1. The molecule has 1 nitrogen and oxygen atoms in total. The van der Waals surface area contributed by atoms with E-state index in [4.69, 9.17) is 12.2 Å². The fraction of sp³-hybridized carbons (Fsp3) is 0.182. The summed E-state index contributed by atoms with van der Waals surface area (Å²) in [5.74, 6) is 0.857. The zero-order chi connectivity index (χ0) is 10.4. The second-order valence-corrected chi connectivity index (χ2v) is 4.41.